The normalized spacial score (nSPS) is 10.3. The van der Waals surface area contributed by atoms with Gasteiger partial charge in [-0.05, 0) is 24.3 Å². The van der Waals surface area contributed by atoms with Crippen LogP contribution in [0, 0.1) is 0 Å². The van der Waals surface area contributed by atoms with Crippen LogP contribution in [0.15, 0.2) is 36.4 Å². The van der Waals surface area contributed by atoms with Crippen molar-refractivity contribution in [2.75, 3.05) is 5.32 Å². The predicted molar refractivity (Wildman–Crippen MR) is 80.9 cm³/mol. The van der Waals surface area contributed by atoms with E-state index in [1.807, 2.05) is 0 Å². The van der Waals surface area contributed by atoms with Crippen LogP contribution >= 0.6 is 46.4 Å². The number of hydrogen-bond donors (Lipinski definition) is 1. The van der Waals surface area contributed by atoms with Gasteiger partial charge in [0, 0.05) is 0 Å². The van der Waals surface area contributed by atoms with Gasteiger partial charge in [0.1, 0.15) is 0 Å². The van der Waals surface area contributed by atoms with Crippen molar-refractivity contribution in [2.24, 2.45) is 0 Å². The van der Waals surface area contributed by atoms with Gasteiger partial charge in [0.15, 0.2) is 0 Å². The molecule has 1 amide bonds. The maximum atomic E-state index is 12.1. The first-order valence-electron chi connectivity index (χ1n) is 5.19. The zero-order valence-electron chi connectivity index (χ0n) is 9.38. The van der Waals surface area contributed by atoms with E-state index in [0.717, 1.165) is 0 Å². The summed E-state index contributed by atoms with van der Waals surface area (Å²) in [4.78, 5) is 12.1. The van der Waals surface area contributed by atoms with Crippen LogP contribution in [0.25, 0.3) is 0 Å². The van der Waals surface area contributed by atoms with Crippen LogP contribution in [0.1, 0.15) is 10.4 Å². The molecular formula is C13H7Cl4NO. The number of carbonyl (C=O) groups excluding carboxylic acids is 1. The highest BCUT2D eigenvalue weighted by Gasteiger charge is 2.13. The molecule has 0 fully saturated rings. The molecule has 0 aliphatic rings. The van der Waals surface area contributed by atoms with Crippen LogP contribution < -0.4 is 5.32 Å². The maximum absolute atomic E-state index is 12.1. The number of benzene rings is 2. The monoisotopic (exact) mass is 333 g/mol. The second kappa shape index (κ2) is 6.02. The van der Waals surface area contributed by atoms with Crippen molar-refractivity contribution in [1.82, 2.24) is 0 Å². The van der Waals surface area contributed by atoms with Gasteiger partial charge in [0.25, 0.3) is 5.91 Å². The molecule has 0 unspecified atom stereocenters. The molecule has 2 aromatic rings. The van der Waals surface area contributed by atoms with Crippen LogP contribution in [0.2, 0.25) is 20.1 Å². The first kappa shape index (κ1) is 14.5. The summed E-state index contributed by atoms with van der Waals surface area (Å²) in [7, 11) is 0. The minimum absolute atomic E-state index is 0.301. The fourth-order valence-electron chi connectivity index (χ4n) is 1.45. The predicted octanol–water partition coefficient (Wildman–Crippen LogP) is 5.55. The number of carbonyl (C=O) groups is 1. The van der Waals surface area contributed by atoms with Crippen LogP contribution in [0.5, 0.6) is 0 Å². The Hall–Kier alpha value is -0.930. The van der Waals surface area contributed by atoms with E-state index in [0.29, 0.717) is 31.3 Å². The van der Waals surface area contributed by atoms with Gasteiger partial charge in [-0.1, -0.05) is 58.5 Å². The van der Waals surface area contributed by atoms with E-state index in [2.05, 4.69) is 5.32 Å². The lowest BCUT2D eigenvalue weighted by molar-refractivity contribution is 0.102. The van der Waals surface area contributed by atoms with Crippen LogP contribution in [-0.2, 0) is 0 Å². The van der Waals surface area contributed by atoms with Crippen molar-refractivity contribution in [3.63, 3.8) is 0 Å². The van der Waals surface area contributed by atoms with Crippen LogP contribution in [-0.4, -0.2) is 5.91 Å². The first-order chi connectivity index (χ1) is 8.99. The molecule has 0 bridgehead atoms. The minimum Gasteiger partial charge on any atom is -0.321 e. The van der Waals surface area contributed by atoms with Gasteiger partial charge in [-0.25, -0.2) is 0 Å². The quantitative estimate of drug-likeness (QED) is 0.716. The molecule has 0 radical (unpaired) electrons. The second-order valence-corrected chi connectivity index (χ2v) is 5.31. The van der Waals surface area contributed by atoms with Crippen molar-refractivity contribution in [3.05, 3.63) is 62.1 Å². The Morgan fingerprint density at radius 3 is 2.16 bits per heavy atom. The van der Waals surface area contributed by atoms with Crippen molar-refractivity contribution < 1.29 is 4.79 Å². The highest BCUT2D eigenvalue weighted by atomic mass is 35.5. The molecule has 2 aromatic carbocycles. The Morgan fingerprint density at radius 1 is 0.842 bits per heavy atom. The molecule has 0 atom stereocenters. The van der Waals surface area contributed by atoms with Gasteiger partial charge in [-0.3, -0.25) is 4.79 Å². The molecule has 0 aliphatic heterocycles. The van der Waals surface area contributed by atoms with E-state index >= 15 is 0 Å². The fraction of sp³-hybridized carbons (Fsp3) is 0. The van der Waals surface area contributed by atoms with Gasteiger partial charge in [-0.2, -0.15) is 0 Å². The number of amides is 1. The molecule has 0 aliphatic carbocycles. The lowest BCUT2D eigenvalue weighted by atomic mass is 10.2. The third-order valence-corrected chi connectivity index (χ3v) is 3.74. The molecule has 2 rings (SSSR count). The molecule has 19 heavy (non-hydrogen) atoms. The zero-order valence-corrected chi connectivity index (χ0v) is 12.4. The van der Waals surface area contributed by atoms with Gasteiger partial charge >= 0.3 is 0 Å². The molecule has 2 nitrogen and oxygen atoms in total. The summed E-state index contributed by atoms with van der Waals surface area (Å²) in [5, 5.41) is 3.92. The molecule has 0 saturated carbocycles. The number of anilines is 1. The maximum Gasteiger partial charge on any atom is 0.257 e. The van der Waals surface area contributed by atoms with E-state index in [1.165, 1.54) is 12.1 Å². The van der Waals surface area contributed by atoms with E-state index in [1.54, 1.807) is 24.3 Å². The first-order valence-corrected chi connectivity index (χ1v) is 6.70. The van der Waals surface area contributed by atoms with Gasteiger partial charge in [0.2, 0.25) is 0 Å². The average molecular weight is 335 g/mol. The highest BCUT2D eigenvalue weighted by Crippen LogP contribution is 2.32. The van der Waals surface area contributed by atoms with Crippen LogP contribution in [0.4, 0.5) is 5.69 Å². The summed E-state index contributed by atoms with van der Waals surface area (Å²) in [5.41, 5.74) is 0.729. The molecule has 0 spiro atoms. The van der Waals surface area contributed by atoms with E-state index < -0.39 is 0 Å². The number of nitrogens with one attached hydrogen (secondary N) is 1. The zero-order chi connectivity index (χ0) is 14.0. The third kappa shape index (κ3) is 3.34. The molecule has 6 heteroatoms. The van der Waals surface area contributed by atoms with E-state index in [-0.39, 0.29) is 5.91 Å². The molecule has 0 aromatic heterocycles. The Balaban J connectivity index is 2.30. The van der Waals surface area contributed by atoms with Gasteiger partial charge in [0.05, 0.1) is 31.3 Å². The summed E-state index contributed by atoms with van der Waals surface area (Å²) in [6.45, 7) is 0. The fourth-order valence-corrected chi connectivity index (χ4v) is 2.27. The number of halogens is 4. The smallest absolute Gasteiger partial charge is 0.257 e. The summed E-state index contributed by atoms with van der Waals surface area (Å²) < 4.78 is 0. The Kier molecular flexibility index (Phi) is 4.58. The minimum atomic E-state index is -0.370. The Bertz CT molecular complexity index is 643. The average Bonchev–Trinajstić information content (AvgIpc) is 2.36. The Morgan fingerprint density at radius 2 is 1.47 bits per heavy atom. The summed E-state index contributed by atoms with van der Waals surface area (Å²) in [5.74, 6) is -0.370. The van der Waals surface area contributed by atoms with E-state index in [9.17, 15) is 4.79 Å². The summed E-state index contributed by atoms with van der Waals surface area (Å²) in [6, 6.07) is 9.66. The molecular weight excluding hydrogens is 328 g/mol. The highest BCUT2D eigenvalue weighted by molar-refractivity contribution is 6.44. The number of rotatable bonds is 2. The lowest BCUT2D eigenvalue weighted by Crippen LogP contribution is -2.12. The summed E-state index contributed by atoms with van der Waals surface area (Å²) in [6.07, 6.45) is 0. The Labute approximate surface area is 130 Å². The molecule has 1 N–H and O–H groups in total. The van der Waals surface area contributed by atoms with E-state index in [4.69, 9.17) is 46.4 Å². The van der Waals surface area contributed by atoms with Crippen molar-refractivity contribution in [3.8, 4) is 0 Å². The summed E-state index contributed by atoms with van der Waals surface area (Å²) >= 11 is 23.6. The topological polar surface area (TPSA) is 29.1 Å². The van der Waals surface area contributed by atoms with Crippen molar-refractivity contribution in [1.29, 1.82) is 0 Å². The van der Waals surface area contributed by atoms with Gasteiger partial charge < -0.3 is 5.32 Å². The molecule has 0 saturated heterocycles. The van der Waals surface area contributed by atoms with Gasteiger partial charge in [-0.15, -0.1) is 0 Å². The lowest BCUT2D eigenvalue weighted by Gasteiger charge is -2.09. The molecule has 98 valence electrons. The van der Waals surface area contributed by atoms with Crippen molar-refractivity contribution >= 4 is 58.0 Å². The largest absolute Gasteiger partial charge is 0.321 e. The standard InChI is InChI=1S/C13H7Cl4NO/c14-8-4-2-1-3-7(8)13(19)18-12-6-10(16)9(15)5-11(12)17/h1-6H,(H,18,19). The van der Waals surface area contributed by atoms with Crippen LogP contribution in [0.3, 0.4) is 0 Å². The third-order valence-electron chi connectivity index (χ3n) is 2.38. The number of hydrogen-bond acceptors (Lipinski definition) is 1. The van der Waals surface area contributed by atoms with Crippen molar-refractivity contribution in [2.45, 2.75) is 0 Å². The molecule has 0 heterocycles. The SMILES string of the molecule is O=C(Nc1cc(Cl)c(Cl)cc1Cl)c1ccccc1Cl. The second-order valence-electron chi connectivity index (χ2n) is 3.68.